The molecule has 1 aromatic carbocycles. The Morgan fingerprint density at radius 3 is 2.84 bits per heavy atom. The van der Waals surface area contributed by atoms with Gasteiger partial charge in [0.1, 0.15) is 0 Å². The molecule has 0 amide bonds. The number of thiophene rings is 1. The lowest BCUT2D eigenvalue weighted by Crippen LogP contribution is -2.33. The molecule has 1 atom stereocenters. The zero-order valence-electron chi connectivity index (χ0n) is 10.9. The Kier molecular flexibility index (Phi) is 6.44. The second-order valence-corrected chi connectivity index (χ2v) is 7.03. The number of rotatable bonds is 7. The van der Waals surface area contributed by atoms with E-state index in [1.54, 1.807) is 11.3 Å². The van der Waals surface area contributed by atoms with Crippen molar-refractivity contribution in [1.82, 2.24) is 5.32 Å². The number of halogens is 1. The first kappa shape index (κ1) is 15.1. The number of nitrogens with one attached hydrogen (secondary N) is 1. The standard InChI is InChI=1S/C15H18BrNS2/c1-2-17-13(9-12-7-8-18-10-12)11-19-15-6-4-3-5-14(15)16/h3-8,10,13,17H,2,9,11H2,1H3. The van der Waals surface area contributed by atoms with Crippen molar-refractivity contribution in [2.45, 2.75) is 24.3 Å². The average molecular weight is 356 g/mol. The Hall–Kier alpha value is -0.290. The summed E-state index contributed by atoms with van der Waals surface area (Å²) < 4.78 is 1.19. The maximum atomic E-state index is 3.61. The smallest absolute Gasteiger partial charge is 0.0311 e. The fourth-order valence-electron chi connectivity index (χ4n) is 1.92. The molecule has 1 unspecified atom stereocenters. The number of hydrogen-bond donors (Lipinski definition) is 1. The van der Waals surface area contributed by atoms with Crippen LogP contribution in [0.2, 0.25) is 0 Å². The van der Waals surface area contributed by atoms with E-state index >= 15 is 0 Å². The van der Waals surface area contributed by atoms with Gasteiger partial charge in [-0.25, -0.2) is 0 Å². The molecule has 0 radical (unpaired) electrons. The van der Waals surface area contributed by atoms with Crippen molar-refractivity contribution in [3.05, 3.63) is 51.1 Å². The monoisotopic (exact) mass is 355 g/mol. The Balaban J connectivity index is 1.91. The van der Waals surface area contributed by atoms with Crippen molar-refractivity contribution < 1.29 is 0 Å². The van der Waals surface area contributed by atoms with Crippen molar-refractivity contribution >= 4 is 39.0 Å². The Morgan fingerprint density at radius 1 is 1.32 bits per heavy atom. The number of hydrogen-bond acceptors (Lipinski definition) is 3. The Labute approximate surface area is 131 Å². The van der Waals surface area contributed by atoms with E-state index in [0.717, 1.165) is 18.7 Å². The third kappa shape index (κ3) is 4.95. The quantitative estimate of drug-likeness (QED) is 0.714. The van der Waals surface area contributed by atoms with Crippen molar-refractivity contribution in [1.29, 1.82) is 0 Å². The van der Waals surface area contributed by atoms with Crippen molar-refractivity contribution in [3.63, 3.8) is 0 Å². The summed E-state index contributed by atoms with van der Waals surface area (Å²) in [7, 11) is 0. The van der Waals surface area contributed by atoms with E-state index in [4.69, 9.17) is 0 Å². The Bertz CT molecular complexity index is 485. The predicted octanol–water partition coefficient (Wildman–Crippen LogP) is 4.82. The SMILES string of the molecule is CCNC(CSc1ccccc1Br)Cc1ccsc1. The van der Waals surface area contributed by atoms with Crippen LogP contribution in [0.4, 0.5) is 0 Å². The zero-order valence-corrected chi connectivity index (χ0v) is 14.2. The van der Waals surface area contributed by atoms with Crippen LogP contribution < -0.4 is 5.32 Å². The highest BCUT2D eigenvalue weighted by Gasteiger charge is 2.10. The van der Waals surface area contributed by atoms with Gasteiger partial charge in [-0.05, 0) is 63.4 Å². The average Bonchev–Trinajstić information content (AvgIpc) is 2.91. The molecule has 0 saturated carbocycles. The van der Waals surface area contributed by atoms with E-state index in [1.165, 1.54) is 14.9 Å². The Morgan fingerprint density at radius 2 is 2.16 bits per heavy atom. The first-order valence-corrected chi connectivity index (χ1v) is 9.13. The summed E-state index contributed by atoms with van der Waals surface area (Å²) >= 11 is 7.29. The summed E-state index contributed by atoms with van der Waals surface area (Å²) in [4.78, 5) is 1.32. The van der Waals surface area contributed by atoms with Gasteiger partial charge in [0.05, 0.1) is 0 Å². The van der Waals surface area contributed by atoms with Crippen LogP contribution in [-0.4, -0.2) is 18.3 Å². The normalized spacial score (nSPS) is 12.5. The molecular formula is C15H18BrNS2. The van der Waals surface area contributed by atoms with Crippen LogP contribution in [0.1, 0.15) is 12.5 Å². The minimum atomic E-state index is 0.525. The number of likely N-dealkylation sites (N-methyl/N-ethyl adjacent to an activating group) is 1. The van der Waals surface area contributed by atoms with E-state index in [9.17, 15) is 0 Å². The van der Waals surface area contributed by atoms with Gasteiger partial charge in [-0.1, -0.05) is 19.1 Å². The maximum Gasteiger partial charge on any atom is 0.0311 e. The molecule has 0 bridgehead atoms. The maximum absolute atomic E-state index is 3.61. The minimum Gasteiger partial charge on any atom is -0.313 e. The molecule has 102 valence electrons. The van der Waals surface area contributed by atoms with Crippen molar-refractivity contribution in [3.8, 4) is 0 Å². The van der Waals surface area contributed by atoms with Crippen LogP contribution in [0.3, 0.4) is 0 Å². The number of benzene rings is 1. The molecule has 0 aliphatic carbocycles. The van der Waals surface area contributed by atoms with Crippen LogP contribution in [0, 0.1) is 0 Å². The summed E-state index contributed by atoms with van der Waals surface area (Å²) in [5.74, 6) is 1.09. The molecule has 0 spiro atoms. The summed E-state index contributed by atoms with van der Waals surface area (Å²) in [6, 6.07) is 11.2. The van der Waals surface area contributed by atoms with E-state index in [0.29, 0.717) is 6.04 Å². The molecule has 1 N–H and O–H groups in total. The molecule has 19 heavy (non-hydrogen) atoms. The van der Waals surface area contributed by atoms with Gasteiger partial charge in [0.2, 0.25) is 0 Å². The third-order valence-electron chi connectivity index (χ3n) is 2.83. The molecule has 0 aliphatic heterocycles. The fourth-order valence-corrected chi connectivity index (χ4v) is 4.23. The number of thioether (sulfide) groups is 1. The highest BCUT2D eigenvalue weighted by Crippen LogP contribution is 2.28. The largest absolute Gasteiger partial charge is 0.313 e. The summed E-state index contributed by atoms with van der Waals surface area (Å²) in [5, 5.41) is 7.97. The van der Waals surface area contributed by atoms with Gasteiger partial charge < -0.3 is 5.32 Å². The van der Waals surface area contributed by atoms with Crippen molar-refractivity contribution in [2.75, 3.05) is 12.3 Å². The van der Waals surface area contributed by atoms with Crippen LogP contribution in [0.25, 0.3) is 0 Å². The molecule has 0 aliphatic rings. The lowest BCUT2D eigenvalue weighted by Gasteiger charge is -2.17. The molecule has 0 fully saturated rings. The molecule has 1 aromatic heterocycles. The van der Waals surface area contributed by atoms with Crippen LogP contribution in [0.5, 0.6) is 0 Å². The molecule has 0 saturated heterocycles. The second kappa shape index (κ2) is 8.10. The van der Waals surface area contributed by atoms with Crippen LogP contribution in [-0.2, 0) is 6.42 Å². The first-order chi connectivity index (χ1) is 9.29. The van der Waals surface area contributed by atoms with Gasteiger partial charge in [0.25, 0.3) is 0 Å². The molecule has 2 aromatic rings. The second-order valence-electron chi connectivity index (χ2n) is 4.33. The predicted molar refractivity (Wildman–Crippen MR) is 90.4 cm³/mol. The van der Waals surface area contributed by atoms with Gasteiger partial charge in [-0.2, -0.15) is 11.3 Å². The lowest BCUT2D eigenvalue weighted by atomic mass is 10.1. The topological polar surface area (TPSA) is 12.0 Å². The minimum absolute atomic E-state index is 0.525. The first-order valence-electron chi connectivity index (χ1n) is 6.41. The van der Waals surface area contributed by atoms with Gasteiger partial charge in [-0.15, -0.1) is 11.8 Å². The van der Waals surface area contributed by atoms with Gasteiger partial charge in [0.15, 0.2) is 0 Å². The van der Waals surface area contributed by atoms with E-state index < -0.39 is 0 Å². The molecule has 1 nitrogen and oxygen atoms in total. The van der Waals surface area contributed by atoms with Crippen molar-refractivity contribution in [2.24, 2.45) is 0 Å². The fraction of sp³-hybridized carbons (Fsp3) is 0.333. The molecule has 2 rings (SSSR count). The van der Waals surface area contributed by atoms with Crippen LogP contribution in [0.15, 0.2) is 50.5 Å². The molecular weight excluding hydrogens is 338 g/mol. The molecule has 4 heteroatoms. The summed E-state index contributed by atoms with van der Waals surface area (Å²) in [6.45, 7) is 3.19. The summed E-state index contributed by atoms with van der Waals surface area (Å²) in [6.07, 6.45) is 1.11. The van der Waals surface area contributed by atoms with Gasteiger partial charge in [0, 0.05) is 21.2 Å². The van der Waals surface area contributed by atoms with E-state index in [2.05, 4.69) is 69.3 Å². The highest BCUT2D eigenvalue weighted by molar-refractivity contribution is 9.10. The third-order valence-corrected chi connectivity index (χ3v) is 5.75. The zero-order chi connectivity index (χ0) is 13.5. The van der Waals surface area contributed by atoms with Gasteiger partial charge >= 0.3 is 0 Å². The van der Waals surface area contributed by atoms with E-state index in [-0.39, 0.29) is 0 Å². The molecule has 1 heterocycles. The van der Waals surface area contributed by atoms with Crippen LogP contribution >= 0.6 is 39.0 Å². The highest BCUT2D eigenvalue weighted by atomic mass is 79.9. The van der Waals surface area contributed by atoms with E-state index in [1.807, 2.05) is 11.8 Å². The lowest BCUT2D eigenvalue weighted by molar-refractivity contribution is 0.573. The summed E-state index contributed by atoms with van der Waals surface area (Å²) in [5.41, 5.74) is 1.43. The van der Waals surface area contributed by atoms with Gasteiger partial charge in [-0.3, -0.25) is 0 Å².